The summed E-state index contributed by atoms with van der Waals surface area (Å²) in [5, 5.41) is 2.82. The fourth-order valence-corrected chi connectivity index (χ4v) is 2.77. The van der Waals surface area contributed by atoms with Gasteiger partial charge in [0.25, 0.3) is 0 Å². The van der Waals surface area contributed by atoms with Crippen LogP contribution < -0.4 is 11.1 Å². The first-order valence-electron chi connectivity index (χ1n) is 6.77. The largest absolute Gasteiger partial charge is 0.419 e. The summed E-state index contributed by atoms with van der Waals surface area (Å²) in [6.07, 6.45) is 0.203. The molecule has 0 spiro atoms. The first-order chi connectivity index (χ1) is 10.6. The second-order valence-electron chi connectivity index (χ2n) is 4.80. The minimum atomic E-state index is -0.441. The molecule has 0 bridgehead atoms. The molecule has 0 aliphatic heterocycles. The summed E-state index contributed by atoms with van der Waals surface area (Å²) >= 11 is 2.19. The molecule has 3 aromatic rings. The predicted octanol–water partition coefficient (Wildman–Crippen LogP) is 3.23. The highest BCUT2D eigenvalue weighted by Gasteiger charge is 2.10. The van der Waals surface area contributed by atoms with Crippen molar-refractivity contribution in [3.63, 3.8) is 0 Å². The lowest BCUT2D eigenvalue weighted by molar-refractivity contribution is -0.116. The maximum absolute atomic E-state index is 12.0. The summed E-state index contributed by atoms with van der Waals surface area (Å²) in [5.74, 6) is -0.581. The average molecular weight is 408 g/mol. The van der Waals surface area contributed by atoms with Gasteiger partial charge in [0.2, 0.25) is 5.91 Å². The number of halogens is 1. The summed E-state index contributed by atoms with van der Waals surface area (Å²) in [7, 11) is 0. The number of benzene rings is 2. The van der Waals surface area contributed by atoms with E-state index in [1.54, 1.807) is 18.2 Å². The molecule has 0 fully saturated rings. The van der Waals surface area contributed by atoms with Crippen LogP contribution >= 0.6 is 22.6 Å². The van der Waals surface area contributed by atoms with Crippen molar-refractivity contribution in [1.29, 1.82) is 0 Å². The lowest BCUT2D eigenvalue weighted by Crippen LogP contribution is -2.19. The molecule has 0 unspecified atom stereocenters. The van der Waals surface area contributed by atoms with E-state index in [4.69, 9.17) is 4.42 Å². The summed E-state index contributed by atoms with van der Waals surface area (Å²) in [5.41, 5.74) is 1.99. The van der Waals surface area contributed by atoms with E-state index in [1.165, 1.54) is 4.57 Å². The van der Waals surface area contributed by atoms with Gasteiger partial charge in [-0.15, -0.1) is 0 Å². The van der Waals surface area contributed by atoms with E-state index >= 15 is 0 Å². The standard InChI is InChI=1S/C16H13IN2O3/c17-11-4-3-5-12(10-11)18-15(20)8-9-19-13-6-1-2-7-14(13)22-16(19)21/h1-7,10H,8-9H2,(H,18,20). The molecule has 5 nitrogen and oxygen atoms in total. The number of para-hydroxylation sites is 2. The molecule has 3 rings (SSSR count). The van der Waals surface area contributed by atoms with E-state index in [0.717, 1.165) is 9.26 Å². The summed E-state index contributed by atoms with van der Waals surface area (Å²) in [6, 6.07) is 14.7. The Balaban J connectivity index is 1.70. The Morgan fingerprint density at radius 3 is 2.82 bits per heavy atom. The van der Waals surface area contributed by atoms with Crippen molar-refractivity contribution in [3.8, 4) is 0 Å². The lowest BCUT2D eigenvalue weighted by Gasteiger charge is -2.06. The quantitative estimate of drug-likeness (QED) is 0.675. The van der Waals surface area contributed by atoms with Crippen LogP contribution in [0.1, 0.15) is 6.42 Å². The summed E-state index contributed by atoms with van der Waals surface area (Å²) < 4.78 is 7.66. The molecule has 0 radical (unpaired) electrons. The van der Waals surface area contributed by atoms with Crippen molar-refractivity contribution in [2.75, 3.05) is 5.32 Å². The van der Waals surface area contributed by atoms with Crippen molar-refractivity contribution >= 4 is 45.3 Å². The Morgan fingerprint density at radius 1 is 1.18 bits per heavy atom. The normalized spacial score (nSPS) is 10.8. The molecule has 22 heavy (non-hydrogen) atoms. The van der Waals surface area contributed by atoms with Gasteiger partial charge in [0, 0.05) is 22.2 Å². The predicted molar refractivity (Wildman–Crippen MR) is 92.9 cm³/mol. The number of carbonyl (C=O) groups excluding carboxylic acids is 1. The van der Waals surface area contributed by atoms with E-state index < -0.39 is 5.76 Å². The highest BCUT2D eigenvalue weighted by atomic mass is 127. The van der Waals surface area contributed by atoms with Crippen LogP contribution in [0.4, 0.5) is 5.69 Å². The van der Waals surface area contributed by atoms with Gasteiger partial charge in [-0.3, -0.25) is 9.36 Å². The third-order valence-corrected chi connectivity index (χ3v) is 3.92. The van der Waals surface area contributed by atoms with Crippen molar-refractivity contribution in [3.05, 3.63) is 62.7 Å². The molecular formula is C16H13IN2O3. The Morgan fingerprint density at radius 2 is 2.00 bits per heavy atom. The van der Waals surface area contributed by atoms with Gasteiger partial charge in [-0.1, -0.05) is 18.2 Å². The van der Waals surface area contributed by atoms with E-state index in [2.05, 4.69) is 27.9 Å². The fourth-order valence-electron chi connectivity index (χ4n) is 2.23. The second-order valence-corrected chi connectivity index (χ2v) is 6.04. The Kier molecular flexibility index (Phi) is 4.28. The smallest absolute Gasteiger partial charge is 0.408 e. The maximum Gasteiger partial charge on any atom is 0.419 e. The number of aromatic nitrogens is 1. The van der Waals surface area contributed by atoms with Crippen molar-refractivity contribution < 1.29 is 9.21 Å². The van der Waals surface area contributed by atoms with E-state index in [9.17, 15) is 9.59 Å². The van der Waals surface area contributed by atoms with E-state index in [-0.39, 0.29) is 18.9 Å². The van der Waals surface area contributed by atoms with Gasteiger partial charge in [0.1, 0.15) is 0 Å². The van der Waals surface area contributed by atoms with Gasteiger partial charge >= 0.3 is 5.76 Å². The topological polar surface area (TPSA) is 64.2 Å². The van der Waals surface area contributed by atoms with Crippen molar-refractivity contribution in [1.82, 2.24) is 4.57 Å². The number of fused-ring (bicyclic) bond motifs is 1. The van der Waals surface area contributed by atoms with E-state index in [0.29, 0.717) is 11.1 Å². The molecule has 0 saturated heterocycles. The van der Waals surface area contributed by atoms with Gasteiger partial charge in [-0.25, -0.2) is 4.79 Å². The van der Waals surface area contributed by atoms with Crippen LogP contribution in [-0.4, -0.2) is 10.5 Å². The number of hydrogen-bond donors (Lipinski definition) is 1. The minimum Gasteiger partial charge on any atom is -0.408 e. The van der Waals surface area contributed by atoms with Gasteiger partial charge < -0.3 is 9.73 Å². The number of oxazole rings is 1. The maximum atomic E-state index is 12.0. The molecule has 6 heteroatoms. The summed E-state index contributed by atoms with van der Waals surface area (Å²) in [6.45, 7) is 0.283. The van der Waals surface area contributed by atoms with Crippen LogP contribution in [0.15, 0.2) is 57.7 Å². The van der Waals surface area contributed by atoms with Gasteiger partial charge in [0.05, 0.1) is 5.52 Å². The van der Waals surface area contributed by atoms with Crippen LogP contribution in [0, 0.1) is 3.57 Å². The third-order valence-electron chi connectivity index (χ3n) is 3.24. The van der Waals surface area contributed by atoms with Crippen LogP contribution in [0.2, 0.25) is 0 Å². The fraction of sp³-hybridized carbons (Fsp3) is 0.125. The van der Waals surface area contributed by atoms with Crippen molar-refractivity contribution in [2.24, 2.45) is 0 Å². The number of anilines is 1. The Bertz CT molecular complexity index is 882. The van der Waals surface area contributed by atoms with Crippen molar-refractivity contribution in [2.45, 2.75) is 13.0 Å². The van der Waals surface area contributed by atoms with Crippen LogP contribution in [0.5, 0.6) is 0 Å². The number of nitrogens with one attached hydrogen (secondary N) is 1. The molecule has 1 aromatic heterocycles. The number of aryl methyl sites for hydroxylation is 1. The minimum absolute atomic E-state index is 0.140. The highest BCUT2D eigenvalue weighted by molar-refractivity contribution is 14.1. The number of rotatable bonds is 4. The number of hydrogen-bond acceptors (Lipinski definition) is 3. The van der Waals surface area contributed by atoms with Crippen LogP contribution in [-0.2, 0) is 11.3 Å². The number of nitrogens with zero attached hydrogens (tertiary/aromatic N) is 1. The zero-order valence-corrected chi connectivity index (χ0v) is 13.7. The second kappa shape index (κ2) is 6.35. The number of amides is 1. The molecule has 1 heterocycles. The first-order valence-corrected chi connectivity index (χ1v) is 7.85. The molecule has 0 aliphatic carbocycles. The molecule has 2 aromatic carbocycles. The molecule has 0 saturated carbocycles. The molecule has 112 valence electrons. The molecule has 0 aliphatic rings. The Labute approximate surface area is 140 Å². The highest BCUT2D eigenvalue weighted by Crippen LogP contribution is 2.14. The van der Waals surface area contributed by atoms with Gasteiger partial charge in [0.15, 0.2) is 5.58 Å². The number of carbonyl (C=O) groups is 1. The monoisotopic (exact) mass is 408 g/mol. The third kappa shape index (κ3) is 3.22. The van der Waals surface area contributed by atoms with Crippen LogP contribution in [0.3, 0.4) is 0 Å². The average Bonchev–Trinajstić information content (AvgIpc) is 2.80. The molecule has 1 N–H and O–H groups in total. The van der Waals surface area contributed by atoms with Gasteiger partial charge in [-0.2, -0.15) is 0 Å². The van der Waals surface area contributed by atoms with Gasteiger partial charge in [-0.05, 0) is 52.9 Å². The van der Waals surface area contributed by atoms with Crippen LogP contribution in [0.25, 0.3) is 11.1 Å². The SMILES string of the molecule is O=C(CCn1c(=O)oc2ccccc21)Nc1cccc(I)c1. The zero-order chi connectivity index (χ0) is 15.5. The molecule has 0 atom stereocenters. The molecule has 1 amide bonds. The summed E-state index contributed by atoms with van der Waals surface area (Å²) in [4.78, 5) is 23.8. The zero-order valence-electron chi connectivity index (χ0n) is 11.6. The Hall–Kier alpha value is -2.09. The molecular weight excluding hydrogens is 395 g/mol. The van der Waals surface area contributed by atoms with E-state index in [1.807, 2.05) is 30.3 Å². The first kappa shape index (κ1) is 14.8. The lowest BCUT2D eigenvalue weighted by atomic mass is 10.3.